The number of esters is 1. The molecule has 2 aromatic rings. The second-order valence-corrected chi connectivity index (χ2v) is 6.84. The van der Waals surface area contributed by atoms with E-state index in [9.17, 15) is 14.0 Å². The van der Waals surface area contributed by atoms with E-state index in [2.05, 4.69) is 24.3 Å². The Labute approximate surface area is 166 Å². The lowest BCUT2D eigenvalue weighted by Crippen LogP contribution is -2.32. The second-order valence-electron chi connectivity index (χ2n) is 6.84. The van der Waals surface area contributed by atoms with Gasteiger partial charge in [0.1, 0.15) is 5.82 Å². The molecule has 2 aromatic carbocycles. The van der Waals surface area contributed by atoms with Gasteiger partial charge >= 0.3 is 5.97 Å². The molecule has 5 heteroatoms. The molecular formula is C23H28FNO3. The summed E-state index contributed by atoms with van der Waals surface area (Å²) in [7, 11) is 0. The zero-order chi connectivity index (χ0) is 20.4. The van der Waals surface area contributed by atoms with Crippen molar-refractivity contribution in [3.8, 4) is 0 Å². The van der Waals surface area contributed by atoms with Gasteiger partial charge in [-0.2, -0.15) is 0 Å². The Morgan fingerprint density at radius 1 is 0.964 bits per heavy atom. The Kier molecular flexibility index (Phi) is 8.66. The van der Waals surface area contributed by atoms with Crippen molar-refractivity contribution in [3.05, 3.63) is 71.0 Å². The fraction of sp³-hybridized carbons (Fsp3) is 0.391. The van der Waals surface area contributed by atoms with E-state index in [1.807, 2.05) is 6.92 Å². The molecule has 0 aliphatic carbocycles. The highest BCUT2D eigenvalue weighted by Gasteiger charge is 2.16. The second kappa shape index (κ2) is 11.2. The smallest absolute Gasteiger partial charge is 0.307 e. The van der Waals surface area contributed by atoms with E-state index in [0.717, 1.165) is 18.4 Å². The highest BCUT2D eigenvalue weighted by molar-refractivity contribution is 5.77. The SMILES string of the molecule is CCOC(=O)CCN(Cc1ccc(F)cc1)C(=O)CCCc1ccc(C)cc1. The van der Waals surface area contributed by atoms with Gasteiger partial charge in [0.25, 0.3) is 0 Å². The molecule has 0 aliphatic heterocycles. The van der Waals surface area contributed by atoms with Gasteiger partial charge in [-0.3, -0.25) is 9.59 Å². The number of ether oxygens (including phenoxy) is 1. The average molecular weight is 385 g/mol. The number of aryl methyl sites for hydroxylation is 2. The van der Waals surface area contributed by atoms with Crippen molar-refractivity contribution in [1.82, 2.24) is 4.90 Å². The fourth-order valence-corrected chi connectivity index (χ4v) is 2.92. The van der Waals surface area contributed by atoms with Crippen molar-refractivity contribution in [2.75, 3.05) is 13.2 Å². The normalized spacial score (nSPS) is 10.5. The van der Waals surface area contributed by atoms with Gasteiger partial charge in [0.2, 0.25) is 5.91 Å². The van der Waals surface area contributed by atoms with E-state index in [0.29, 0.717) is 26.1 Å². The molecule has 150 valence electrons. The maximum Gasteiger partial charge on any atom is 0.307 e. The molecule has 0 aliphatic rings. The predicted octanol–water partition coefficient (Wildman–Crippen LogP) is 4.44. The Hall–Kier alpha value is -2.69. The highest BCUT2D eigenvalue weighted by atomic mass is 19.1. The zero-order valence-corrected chi connectivity index (χ0v) is 16.6. The standard InChI is InChI=1S/C23H28FNO3/c1-3-28-23(27)15-16-25(17-20-11-13-21(24)14-12-20)22(26)6-4-5-19-9-7-18(2)8-10-19/h7-14H,3-6,15-17H2,1-2H3. The predicted molar refractivity (Wildman–Crippen MR) is 107 cm³/mol. The molecule has 0 N–H and O–H groups in total. The van der Waals surface area contributed by atoms with Crippen LogP contribution in [0.3, 0.4) is 0 Å². The molecule has 0 saturated carbocycles. The number of halogens is 1. The average Bonchev–Trinajstić information content (AvgIpc) is 2.68. The van der Waals surface area contributed by atoms with E-state index in [-0.39, 0.29) is 24.1 Å². The van der Waals surface area contributed by atoms with Gasteiger partial charge in [-0.1, -0.05) is 42.0 Å². The van der Waals surface area contributed by atoms with Crippen molar-refractivity contribution < 1.29 is 18.7 Å². The van der Waals surface area contributed by atoms with Crippen molar-refractivity contribution in [2.45, 2.75) is 46.1 Å². The molecule has 4 nitrogen and oxygen atoms in total. The number of rotatable bonds is 10. The van der Waals surface area contributed by atoms with Gasteiger partial charge in [-0.15, -0.1) is 0 Å². The first-order chi connectivity index (χ1) is 13.5. The first-order valence-corrected chi connectivity index (χ1v) is 9.71. The highest BCUT2D eigenvalue weighted by Crippen LogP contribution is 2.12. The van der Waals surface area contributed by atoms with E-state index in [1.54, 1.807) is 24.0 Å². The van der Waals surface area contributed by atoms with Gasteiger partial charge in [0, 0.05) is 19.5 Å². The molecule has 1 amide bonds. The van der Waals surface area contributed by atoms with Crippen LogP contribution < -0.4 is 0 Å². The summed E-state index contributed by atoms with van der Waals surface area (Å²) in [6.45, 7) is 4.76. The van der Waals surface area contributed by atoms with Crippen LogP contribution in [0.25, 0.3) is 0 Å². The maximum atomic E-state index is 13.1. The molecule has 28 heavy (non-hydrogen) atoms. The Bertz CT molecular complexity index is 756. The first kappa shape index (κ1) is 21.6. The minimum absolute atomic E-state index is 0.0132. The van der Waals surface area contributed by atoms with Crippen LogP contribution in [0.5, 0.6) is 0 Å². The van der Waals surface area contributed by atoms with Crippen LogP contribution in [0.2, 0.25) is 0 Å². The molecule has 0 bridgehead atoms. The summed E-state index contributed by atoms with van der Waals surface area (Å²) in [4.78, 5) is 26.1. The third-order valence-corrected chi connectivity index (χ3v) is 4.51. The van der Waals surface area contributed by atoms with E-state index in [1.165, 1.54) is 23.3 Å². The summed E-state index contributed by atoms with van der Waals surface area (Å²) in [6, 6.07) is 14.4. The van der Waals surface area contributed by atoms with Crippen molar-refractivity contribution >= 4 is 11.9 Å². The van der Waals surface area contributed by atoms with Crippen LogP contribution in [0.4, 0.5) is 4.39 Å². The van der Waals surface area contributed by atoms with E-state index >= 15 is 0 Å². The first-order valence-electron chi connectivity index (χ1n) is 9.71. The molecule has 2 rings (SSSR count). The summed E-state index contributed by atoms with van der Waals surface area (Å²) < 4.78 is 18.1. The largest absolute Gasteiger partial charge is 0.466 e. The molecule has 0 unspecified atom stereocenters. The number of hydrogen-bond acceptors (Lipinski definition) is 3. The Morgan fingerprint density at radius 3 is 2.25 bits per heavy atom. The van der Waals surface area contributed by atoms with Crippen LogP contribution in [-0.4, -0.2) is 29.9 Å². The minimum atomic E-state index is -0.320. The third-order valence-electron chi connectivity index (χ3n) is 4.51. The summed E-state index contributed by atoms with van der Waals surface area (Å²) >= 11 is 0. The number of benzene rings is 2. The van der Waals surface area contributed by atoms with E-state index < -0.39 is 0 Å². The molecule has 0 heterocycles. The van der Waals surface area contributed by atoms with Crippen molar-refractivity contribution in [1.29, 1.82) is 0 Å². The zero-order valence-electron chi connectivity index (χ0n) is 16.6. The number of nitrogens with zero attached hydrogens (tertiary/aromatic N) is 1. The molecule has 0 fully saturated rings. The lowest BCUT2D eigenvalue weighted by molar-refractivity contribution is -0.144. The fourth-order valence-electron chi connectivity index (χ4n) is 2.92. The number of hydrogen-bond donors (Lipinski definition) is 0. The van der Waals surface area contributed by atoms with Crippen LogP contribution >= 0.6 is 0 Å². The quantitative estimate of drug-likeness (QED) is 0.568. The minimum Gasteiger partial charge on any atom is -0.466 e. The van der Waals surface area contributed by atoms with Gasteiger partial charge in [-0.05, 0) is 49.9 Å². The lowest BCUT2D eigenvalue weighted by Gasteiger charge is -2.23. The number of carbonyl (C=O) groups is 2. The lowest BCUT2D eigenvalue weighted by atomic mass is 10.1. The van der Waals surface area contributed by atoms with Crippen molar-refractivity contribution in [2.24, 2.45) is 0 Å². The molecule has 0 saturated heterocycles. The Balaban J connectivity index is 1.93. The number of carbonyl (C=O) groups excluding carboxylic acids is 2. The Morgan fingerprint density at radius 2 is 1.61 bits per heavy atom. The third kappa shape index (κ3) is 7.51. The molecule has 0 atom stereocenters. The van der Waals surface area contributed by atoms with Gasteiger partial charge in [0.05, 0.1) is 13.0 Å². The van der Waals surface area contributed by atoms with Crippen LogP contribution in [0.15, 0.2) is 48.5 Å². The maximum absolute atomic E-state index is 13.1. The van der Waals surface area contributed by atoms with Crippen LogP contribution in [0.1, 0.15) is 42.9 Å². The molecule has 0 aromatic heterocycles. The van der Waals surface area contributed by atoms with Crippen molar-refractivity contribution in [3.63, 3.8) is 0 Å². The van der Waals surface area contributed by atoms with Crippen LogP contribution in [0, 0.1) is 12.7 Å². The van der Waals surface area contributed by atoms with Gasteiger partial charge < -0.3 is 9.64 Å². The van der Waals surface area contributed by atoms with E-state index in [4.69, 9.17) is 4.74 Å². The summed E-state index contributed by atoms with van der Waals surface area (Å²) in [5, 5.41) is 0. The molecular weight excluding hydrogens is 357 g/mol. The van der Waals surface area contributed by atoms with Crippen LogP contribution in [-0.2, 0) is 27.3 Å². The summed E-state index contributed by atoms with van der Waals surface area (Å²) in [6.07, 6.45) is 2.12. The van der Waals surface area contributed by atoms with Gasteiger partial charge in [-0.25, -0.2) is 4.39 Å². The monoisotopic (exact) mass is 385 g/mol. The summed E-state index contributed by atoms with van der Waals surface area (Å²) in [5.41, 5.74) is 3.25. The molecule has 0 radical (unpaired) electrons. The topological polar surface area (TPSA) is 46.6 Å². The molecule has 0 spiro atoms. The van der Waals surface area contributed by atoms with Gasteiger partial charge in [0.15, 0.2) is 0 Å². The summed E-state index contributed by atoms with van der Waals surface area (Å²) in [5.74, 6) is -0.647. The number of amides is 1.